The van der Waals surface area contributed by atoms with E-state index in [0.717, 1.165) is 19.9 Å². The first-order valence-corrected chi connectivity index (χ1v) is 7.60. The minimum absolute atomic E-state index is 0.0235. The molecule has 1 atom stereocenters. The molecule has 2 rings (SSSR count). The van der Waals surface area contributed by atoms with Crippen molar-refractivity contribution in [1.82, 2.24) is 15.1 Å². The fraction of sp³-hybridized carbons (Fsp3) is 0.385. The van der Waals surface area contributed by atoms with E-state index in [-0.39, 0.29) is 11.9 Å². The Morgan fingerprint density at radius 2 is 2.32 bits per heavy atom. The van der Waals surface area contributed by atoms with Gasteiger partial charge < -0.3 is 5.32 Å². The summed E-state index contributed by atoms with van der Waals surface area (Å²) in [5.74, 6) is 0.0325. The third-order valence-corrected chi connectivity index (χ3v) is 4.48. The summed E-state index contributed by atoms with van der Waals surface area (Å²) in [5, 5.41) is 7.30. The van der Waals surface area contributed by atoms with Crippen LogP contribution >= 0.6 is 27.3 Å². The maximum absolute atomic E-state index is 12.0. The molecule has 0 unspecified atom stereocenters. The van der Waals surface area contributed by atoms with Crippen molar-refractivity contribution in [2.75, 3.05) is 0 Å². The lowest BCUT2D eigenvalue weighted by molar-refractivity contribution is -0.121. The first-order valence-electron chi connectivity index (χ1n) is 5.99. The fourth-order valence-electron chi connectivity index (χ4n) is 2.02. The molecule has 1 amide bonds. The van der Waals surface area contributed by atoms with Crippen LogP contribution in [0.1, 0.15) is 29.1 Å². The smallest absolute Gasteiger partial charge is 0.225 e. The molecule has 0 aromatic carbocycles. The maximum Gasteiger partial charge on any atom is 0.225 e. The van der Waals surface area contributed by atoms with Crippen LogP contribution in [0.15, 0.2) is 22.1 Å². The van der Waals surface area contributed by atoms with Crippen molar-refractivity contribution < 1.29 is 4.79 Å². The Balaban J connectivity index is 1.97. The van der Waals surface area contributed by atoms with Crippen molar-refractivity contribution in [3.63, 3.8) is 0 Å². The molecule has 0 spiro atoms. The Morgan fingerprint density at radius 3 is 2.84 bits per heavy atom. The predicted octanol–water partition coefficient (Wildman–Crippen LogP) is 2.97. The first kappa shape index (κ1) is 14.3. The molecule has 1 N–H and O–H groups in total. The molecule has 2 aromatic heterocycles. The van der Waals surface area contributed by atoms with Gasteiger partial charge in [0, 0.05) is 23.7 Å². The van der Waals surface area contributed by atoms with E-state index in [1.807, 2.05) is 39.2 Å². The minimum Gasteiger partial charge on any atom is -0.349 e. The molecule has 0 saturated heterocycles. The molecule has 0 aliphatic carbocycles. The van der Waals surface area contributed by atoms with Gasteiger partial charge in [-0.3, -0.25) is 9.48 Å². The second-order valence-corrected chi connectivity index (χ2v) is 7.06. The number of hydrogen-bond donors (Lipinski definition) is 1. The van der Waals surface area contributed by atoms with Gasteiger partial charge in [0.2, 0.25) is 5.91 Å². The molecule has 19 heavy (non-hydrogen) atoms. The zero-order valence-electron chi connectivity index (χ0n) is 11.1. The summed E-state index contributed by atoms with van der Waals surface area (Å²) in [6.07, 6.45) is 2.36. The van der Waals surface area contributed by atoms with Crippen LogP contribution in [-0.2, 0) is 18.3 Å². The van der Waals surface area contributed by atoms with Crippen molar-refractivity contribution >= 4 is 33.2 Å². The van der Waals surface area contributed by atoms with Gasteiger partial charge in [-0.2, -0.15) is 5.10 Å². The molecule has 102 valence electrons. The molecule has 2 heterocycles. The normalized spacial score (nSPS) is 12.4. The van der Waals surface area contributed by atoms with Gasteiger partial charge in [-0.05, 0) is 41.9 Å². The number of nitrogens with zero attached hydrogens (tertiary/aromatic N) is 2. The second kappa shape index (κ2) is 5.88. The van der Waals surface area contributed by atoms with Crippen LogP contribution in [0.25, 0.3) is 0 Å². The molecule has 0 aliphatic rings. The Bertz CT molecular complexity index is 590. The summed E-state index contributed by atoms with van der Waals surface area (Å²) in [7, 11) is 1.88. The summed E-state index contributed by atoms with van der Waals surface area (Å²) in [5.41, 5.74) is 2.01. The largest absolute Gasteiger partial charge is 0.349 e. The van der Waals surface area contributed by atoms with E-state index in [1.54, 1.807) is 16.0 Å². The molecule has 2 aromatic rings. The summed E-state index contributed by atoms with van der Waals surface area (Å²) in [6.45, 7) is 3.93. The maximum atomic E-state index is 12.0. The molecular formula is C13H16BrN3OS. The Hall–Kier alpha value is -1.14. The highest BCUT2D eigenvalue weighted by Gasteiger charge is 2.15. The average molecular weight is 342 g/mol. The number of rotatable bonds is 4. The Labute approximate surface area is 125 Å². The highest BCUT2D eigenvalue weighted by Crippen LogP contribution is 2.22. The van der Waals surface area contributed by atoms with E-state index in [9.17, 15) is 4.79 Å². The van der Waals surface area contributed by atoms with Gasteiger partial charge in [0.25, 0.3) is 0 Å². The number of nitrogens with one attached hydrogen (secondary N) is 1. The third-order valence-electron chi connectivity index (χ3n) is 2.86. The van der Waals surface area contributed by atoms with E-state index in [4.69, 9.17) is 0 Å². The van der Waals surface area contributed by atoms with Crippen molar-refractivity contribution in [3.05, 3.63) is 38.3 Å². The van der Waals surface area contributed by atoms with Gasteiger partial charge in [0.1, 0.15) is 0 Å². The van der Waals surface area contributed by atoms with Crippen molar-refractivity contribution in [3.8, 4) is 0 Å². The molecule has 0 aliphatic heterocycles. The first-order chi connectivity index (χ1) is 8.95. The lowest BCUT2D eigenvalue weighted by Crippen LogP contribution is -2.28. The van der Waals surface area contributed by atoms with Crippen LogP contribution in [-0.4, -0.2) is 15.7 Å². The summed E-state index contributed by atoms with van der Waals surface area (Å²) >= 11 is 4.98. The highest BCUT2D eigenvalue weighted by atomic mass is 79.9. The minimum atomic E-state index is -0.0235. The zero-order chi connectivity index (χ0) is 14.0. The number of aryl methyl sites for hydroxylation is 2. The number of halogens is 1. The quantitative estimate of drug-likeness (QED) is 0.929. The molecular weight excluding hydrogens is 326 g/mol. The highest BCUT2D eigenvalue weighted by molar-refractivity contribution is 9.11. The number of carbonyl (C=O) groups is 1. The number of aromatic nitrogens is 2. The van der Waals surface area contributed by atoms with E-state index < -0.39 is 0 Å². The van der Waals surface area contributed by atoms with Gasteiger partial charge in [-0.15, -0.1) is 11.3 Å². The number of amides is 1. The molecule has 0 radical (unpaired) electrons. The lowest BCUT2D eigenvalue weighted by Gasteiger charge is -2.12. The summed E-state index contributed by atoms with van der Waals surface area (Å²) < 4.78 is 2.82. The van der Waals surface area contributed by atoms with E-state index in [2.05, 4.69) is 26.3 Å². The molecule has 4 nitrogen and oxygen atoms in total. The van der Waals surface area contributed by atoms with Crippen LogP contribution in [0.2, 0.25) is 0 Å². The SMILES string of the molecule is Cc1nn(C)cc1[C@H](C)NC(=O)Cc1ccc(Br)s1. The van der Waals surface area contributed by atoms with E-state index in [1.165, 1.54) is 0 Å². The number of hydrogen-bond acceptors (Lipinski definition) is 3. The van der Waals surface area contributed by atoms with Crippen molar-refractivity contribution in [2.45, 2.75) is 26.3 Å². The van der Waals surface area contributed by atoms with Gasteiger partial charge in [0.15, 0.2) is 0 Å². The Morgan fingerprint density at radius 1 is 1.58 bits per heavy atom. The van der Waals surface area contributed by atoms with E-state index in [0.29, 0.717) is 6.42 Å². The van der Waals surface area contributed by atoms with Gasteiger partial charge in [0.05, 0.1) is 21.9 Å². The zero-order valence-corrected chi connectivity index (χ0v) is 13.5. The molecule has 0 bridgehead atoms. The standard InChI is InChI=1S/C13H16BrN3OS/c1-8(11-7-17(3)16-9(11)2)15-13(18)6-10-4-5-12(14)19-10/h4-5,7-8H,6H2,1-3H3,(H,15,18)/t8-/m0/s1. The van der Waals surface area contributed by atoms with Gasteiger partial charge >= 0.3 is 0 Å². The third kappa shape index (κ3) is 3.67. The Kier molecular flexibility index (Phi) is 4.42. The molecule has 6 heteroatoms. The summed E-state index contributed by atoms with van der Waals surface area (Å²) in [6, 6.07) is 3.90. The molecule has 0 fully saturated rings. The molecule has 0 saturated carbocycles. The number of thiophene rings is 1. The fourth-order valence-corrected chi connectivity index (χ4v) is 3.50. The topological polar surface area (TPSA) is 46.9 Å². The van der Waals surface area contributed by atoms with Crippen molar-refractivity contribution in [2.24, 2.45) is 7.05 Å². The van der Waals surface area contributed by atoms with Crippen LogP contribution in [0.4, 0.5) is 0 Å². The monoisotopic (exact) mass is 341 g/mol. The van der Waals surface area contributed by atoms with Crippen molar-refractivity contribution in [1.29, 1.82) is 0 Å². The lowest BCUT2D eigenvalue weighted by atomic mass is 10.1. The number of carbonyl (C=O) groups excluding carboxylic acids is 1. The second-order valence-electron chi connectivity index (χ2n) is 4.52. The average Bonchev–Trinajstić information content (AvgIpc) is 2.84. The van der Waals surface area contributed by atoms with Crippen LogP contribution in [0, 0.1) is 6.92 Å². The van der Waals surface area contributed by atoms with Crippen LogP contribution < -0.4 is 5.32 Å². The van der Waals surface area contributed by atoms with Gasteiger partial charge in [-0.1, -0.05) is 0 Å². The predicted molar refractivity (Wildman–Crippen MR) is 80.2 cm³/mol. The van der Waals surface area contributed by atoms with Crippen LogP contribution in [0.5, 0.6) is 0 Å². The van der Waals surface area contributed by atoms with Crippen LogP contribution in [0.3, 0.4) is 0 Å². The van der Waals surface area contributed by atoms with Gasteiger partial charge in [-0.25, -0.2) is 0 Å². The summed E-state index contributed by atoms with van der Waals surface area (Å²) in [4.78, 5) is 13.0. The van der Waals surface area contributed by atoms with E-state index >= 15 is 0 Å².